The fourth-order valence-corrected chi connectivity index (χ4v) is 2.58. The highest BCUT2D eigenvalue weighted by Gasteiger charge is 2.21. The monoisotopic (exact) mass is 245 g/mol. The van der Waals surface area contributed by atoms with Gasteiger partial charge in [0.05, 0.1) is 6.04 Å². The Morgan fingerprint density at radius 2 is 2.00 bits per heavy atom. The molecule has 0 amide bonds. The van der Waals surface area contributed by atoms with E-state index in [1.54, 1.807) is 0 Å². The van der Waals surface area contributed by atoms with E-state index in [2.05, 4.69) is 44.3 Å². The maximum absolute atomic E-state index is 5.99. The number of rotatable bonds is 6. The molecule has 98 valence electrons. The molecule has 0 bridgehead atoms. The van der Waals surface area contributed by atoms with E-state index in [0.717, 1.165) is 17.9 Å². The minimum Gasteiger partial charge on any atom is -0.459 e. The summed E-state index contributed by atoms with van der Waals surface area (Å²) in [6.45, 7) is 7.65. The molecule has 2 heteroatoms. The number of benzene rings is 1. The molecule has 2 rings (SSSR count). The number of hydrogen-bond acceptors (Lipinski definition) is 2. The summed E-state index contributed by atoms with van der Waals surface area (Å²) in [4.78, 5) is 0. The normalized spacial score (nSPS) is 14.8. The molecule has 0 aliphatic rings. The third-order valence-electron chi connectivity index (χ3n) is 3.49. The second kappa shape index (κ2) is 6.05. The predicted octanol–water partition coefficient (Wildman–Crippen LogP) is 4.52. The molecule has 0 aliphatic carbocycles. The van der Waals surface area contributed by atoms with Crippen molar-refractivity contribution in [3.63, 3.8) is 0 Å². The zero-order valence-electron chi connectivity index (χ0n) is 11.6. The number of hydrogen-bond donors (Lipinski definition) is 1. The van der Waals surface area contributed by atoms with Crippen LogP contribution in [0.3, 0.4) is 0 Å². The van der Waals surface area contributed by atoms with Gasteiger partial charge in [0.1, 0.15) is 11.3 Å². The van der Waals surface area contributed by atoms with Gasteiger partial charge < -0.3 is 9.73 Å². The zero-order chi connectivity index (χ0) is 13.0. The molecule has 1 N–H and O–H groups in total. The largest absolute Gasteiger partial charge is 0.459 e. The van der Waals surface area contributed by atoms with Crippen LogP contribution >= 0.6 is 0 Å². The van der Waals surface area contributed by atoms with Gasteiger partial charge in [0, 0.05) is 5.39 Å². The van der Waals surface area contributed by atoms with Crippen molar-refractivity contribution in [1.29, 1.82) is 0 Å². The highest BCUT2D eigenvalue weighted by atomic mass is 16.3. The van der Waals surface area contributed by atoms with Crippen molar-refractivity contribution in [3.05, 3.63) is 36.1 Å². The molecule has 18 heavy (non-hydrogen) atoms. The van der Waals surface area contributed by atoms with Crippen molar-refractivity contribution in [2.75, 3.05) is 6.54 Å². The summed E-state index contributed by atoms with van der Waals surface area (Å²) in [6.07, 6.45) is 2.43. The molecule has 0 saturated carbocycles. The quantitative estimate of drug-likeness (QED) is 0.809. The Morgan fingerprint density at radius 1 is 1.22 bits per heavy atom. The fourth-order valence-electron chi connectivity index (χ4n) is 2.58. The second-order valence-electron chi connectivity index (χ2n) is 4.99. The van der Waals surface area contributed by atoms with Crippen molar-refractivity contribution in [3.8, 4) is 0 Å². The summed E-state index contributed by atoms with van der Waals surface area (Å²) in [6, 6.07) is 10.7. The summed E-state index contributed by atoms with van der Waals surface area (Å²) >= 11 is 0. The van der Waals surface area contributed by atoms with Crippen LogP contribution in [0.15, 0.2) is 34.7 Å². The lowest BCUT2D eigenvalue weighted by molar-refractivity contribution is 0.322. The van der Waals surface area contributed by atoms with Crippen molar-refractivity contribution < 1.29 is 4.42 Å². The van der Waals surface area contributed by atoms with Crippen molar-refractivity contribution in [2.24, 2.45) is 5.92 Å². The molecule has 2 unspecified atom stereocenters. The molecule has 2 atom stereocenters. The number of nitrogens with one attached hydrogen (secondary N) is 1. The van der Waals surface area contributed by atoms with Crippen LogP contribution in [0.5, 0.6) is 0 Å². The molecule has 0 radical (unpaired) electrons. The maximum Gasteiger partial charge on any atom is 0.134 e. The van der Waals surface area contributed by atoms with Gasteiger partial charge in [-0.25, -0.2) is 0 Å². The first kappa shape index (κ1) is 13.2. The summed E-state index contributed by atoms with van der Waals surface area (Å²) in [7, 11) is 0. The molecule has 1 heterocycles. The molecular weight excluding hydrogens is 222 g/mol. The summed E-state index contributed by atoms with van der Waals surface area (Å²) in [5.74, 6) is 1.66. The topological polar surface area (TPSA) is 25.2 Å². The summed E-state index contributed by atoms with van der Waals surface area (Å²) < 4.78 is 5.99. The van der Waals surface area contributed by atoms with E-state index in [1.165, 1.54) is 18.2 Å². The van der Waals surface area contributed by atoms with E-state index < -0.39 is 0 Å². The average molecular weight is 245 g/mol. The number of para-hydroxylation sites is 1. The lowest BCUT2D eigenvalue weighted by Crippen LogP contribution is -2.26. The number of fused-ring (bicyclic) bond motifs is 1. The Morgan fingerprint density at radius 3 is 2.67 bits per heavy atom. The van der Waals surface area contributed by atoms with Crippen molar-refractivity contribution >= 4 is 11.0 Å². The molecule has 1 aromatic heterocycles. The number of furan rings is 1. The van der Waals surface area contributed by atoms with E-state index in [9.17, 15) is 0 Å². The minimum absolute atomic E-state index is 0.322. The smallest absolute Gasteiger partial charge is 0.134 e. The van der Waals surface area contributed by atoms with Crippen LogP contribution in [0.2, 0.25) is 0 Å². The average Bonchev–Trinajstić information content (AvgIpc) is 2.79. The van der Waals surface area contributed by atoms with Crippen LogP contribution in [0.1, 0.15) is 45.4 Å². The molecule has 1 aromatic carbocycles. The van der Waals surface area contributed by atoms with E-state index in [1.807, 2.05) is 12.1 Å². The molecule has 2 aromatic rings. The van der Waals surface area contributed by atoms with Gasteiger partial charge in [0.2, 0.25) is 0 Å². The van der Waals surface area contributed by atoms with Crippen LogP contribution < -0.4 is 5.32 Å². The van der Waals surface area contributed by atoms with Gasteiger partial charge in [-0.2, -0.15) is 0 Å². The first-order chi connectivity index (χ1) is 8.76. The second-order valence-corrected chi connectivity index (χ2v) is 4.99. The zero-order valence-corrected chi connectivity index (χ0v) is 11.6. The van der Waals surface area contributed by atoms with Gasteiger partial charge in [0.25, 0.3) is 0 Å². The Labute approximate surface area is 109 Å². The lowest BCUT2D eigenvalue weighted by Gasteiger charge is -2.22. The van der Waals surface area contributed by atoms with Gasteiger partial charge in [0.15, 0.2) is 0 Å². The Kier molecular flexibility index (Phi) is 4.43. The summed E-state index contributed by atoms with van der Waals surface area (Å²) in [5.41, 5.74) is 0.985. The third-order valence-corrected chi connectivity index (χ3v) is 3.49. The predicted molar refractivity (Wildman–Crippen MR) is 76.7 cm³/mol. The highest BCUT2D eigenvalue weighted by Crippen LogP contribution is 2.30. The molecule has 0 spiro atoms. The Balaban J connectivity index is 2.29. The third kappa shape index (κ3) is 2.75. The van der Waals surface area contributed by atoms with Gasteiger partial charge in [-0.1, -0.05) is 45.4 Å². The highest BCUT2D eigenvalue weighted by molar-refractivity contribution is 5.77. The Bertz CT molecular complexity index is 456. The maximum atomic E-state index is 5.99. The minimum atomic E-state index is 0.322. The first-order valence-electron chi connectivity index (χ1n) is 6.98. The van der Waals surface area contributed by atoms with Crippen molar-refractivity contribution in [2.45, 2.75) is 39.7 Å². The fraction of sp³-hybridized carbons (Fsp3) is 0.500. The van der Waals surface area contributed by atoms with Gasteiger partial charge in [-0.15, -0.1) is 0 Å². The molecular formula is C16H23NO. The van der Waals surface area contributed by atoms with E-state index >= 15 is 0 Å². The lowest BCUT2D eigenvalue weighted by atomic mass is 9.95. The molecule has 0 aliphatic heterocycles. The standard InChI is InChI=1S/C16H23NO/c1-4-8-12(3)16(17-5-2)15-11-13-9-6-7-10-14(13)18-15/h6-7,9-12,16-17H,4-5,8H2,1-3H3. The molecule has 2 nitrogen and oxygen atoms in total. The summed E-state index contributed by atoms with van der Waals surface area (Å²) in [5, 5.41) is 4.74. The van der Waals surface area contributed by atoms with Crippen LogP contribution in [-0.4, -0.2) is 6.54 Å². The van der Waals surface area contributed by atoms with E-state index in [4.69, 9.17) is 4.42 Å². The van der Waals surface area contributed by atoms with Crippen LogP contribution in [0.4, 0.5) is 0 Å². The van der Waals surface area contributed by atoms with Gasteiger partial charge in [-0.05, 0) is 31.0 Å². The van der Waals surface area contributed by atoms with E-state index in [-0.39, 0.29) is 0 Å². The van der Waals surface area contributed by atoms with Gasteiger partial charge >= 0.3 is 0 Å². The van der Waals surface area contributed by atoms with Crippen LogP contribution in [-0.2, 0) is 0 Å². The Hall–Kier alpha value is -1.28. The first-order valence-corrected chi connectivity index (χ1v) is 6.98. The van der Waals surface area contributed by atoms with Gasteiger partial charge in [-0.3, -0.25) is 0 Å². The SMILES string of the molecule is CCCC(C)C(NCC)c1cc2ccccc2o1. The van der Waals surface area contributed by atoms with Crippen LogP contribution in [0.25, 0.3) is 11.0 Å². The molecule has 0 fully saturated rings. The van der Waals surface area contributed by atoms with Crippen molar-refractivity contribution in [1.82, 2.24) is 5.32 Å². The van der Waals surface area contributed by atoms with Crippen LogP contribution in [0, 0.1) is 5.92 Å². The molecule has 0 saturated heterocycles. The van der Waals surface area contributed by atoms with E-state index in [0.29, 0.717) is 12.0 Å².